The molecule has 0 spiro atoms. The molecule has 0 saturated heterocycles. The van der Waals surface area contributed by atoms with Crippen molar-refractivity contribution in [3.05, 3.63) is 71.5 Å². The molecule has 1 N–H and O–H groups in total. The molecule has 0 atom stereocenters. The lowest BCUT2D eigenvalue weighted by molar-refractivity contribution is -0.137. The second-order valence-electron chi connectivity index (χ2n) is 5.92. The van der Waals surface area contributed by atoms with Gasteiger partial charge in [0.25, 0.3) is 10.0 Å². The van der Waals surface area contributed by atoms with E-state index in [1.807, 2.05) is 30.3 Å². The monoisotopic (exact) mass is 395 g/mol. The third-order valence-electron chi connectivity index (χ3n) is 4.02. The van der Waals surface area contributed by atoms with E-state index in [0.717, 1.165) is 30.0 Å². The Morgan fingerprint density at radius 1 is 0.963 bits per heavy atom. The number of nitrogens with zero attached hydrogens (tertiary/aromatic N) is 2. The maximum atomic E-state index is 12.7. The van der Waals surface area contributed by atoms with E-state index in [9.17, 15) is 21.6 Å². The lowest BCUT2D eigenvalue weighted by Gasteiger charge is -2.11. The quantitative estimate of drug-likeness (QED) is 0.716. The Morgan fingerprint density at radius 2 is 1.56 bits per heavy atom. The van der Waals surface area contributed by atoms with Gasteiger partial charge < -0.3 is 0 Å². The van der Waals surface area contributed by atoms with Crippen LogP contribution in [0.3, 0.4) is 0 Å². The molecule has 0 fully saturated rings. The maximum Gasteiger partial charge on any atom is 0.416 e. The lowest BCUT2D eigenvalue weighted by Crippen LogP contribution is -2.15. The second kappa shape index (κ2) is 6.73. The Labute approximate surface area is 154 Å². The smallest absolute Gasteiger partial charge is 0.276 e. The van der Waals surface area contributed by atoms with Crippen LogP contribution in [0.25, 0.3) is 5.69 Å². The van der Waals surface area contributed by atoms with E-state index in [4.69, 9.17) is 0 Å². The first-order valence-electron chi connectivity index (χ1n) is 7.91. The molecule has 0 aliphatic heterocycles. The van der Waals surface area contributed by atoms with Gasteiger partial charge in [-0.15, -0.1) is 0 Å². The van der Waals surface area contributed by atoms with Crippen LogP contribution in [0.15, 0.2) is 59.5 Å². The van der Waals surface area contributed by atoms with E-state index in [2.05, 4.69) is 9.82 Å². The van der Waals surface area contributed by atoms with Crippen LogP contribution in [-0.2, 0) is 16.2 Å². The summed E-state index contributed by atoms with van der Waals surface area (Å²) >= 11 is 0. The maximum absolute atomic E-state index is 12.7. The summed E-state index contributed by atoms with van der Waals surface area (Å²) in [5.74, 6) is 0. The summed E-state index contributed by atoms with van der Waals surface area (Å²) < 4.78 is 67.2. The molecule has 0 saturated carbocycles. The number of halogens is 3. The number of benzene rings is 2. The molecule has 5 nitrogen and oxygen atoms in total. The van der Waals surface area contributed by atoms with Gasteiger partial charge in [-0.3, -0.25) is 4.72 Å². The van der Waals surface area contributed by atoms with Gasteiger partial charge in [0, 0.05) is 0 Å². The second-order valence-corrected chi connectivity index (χ2v) is 7.60. The summed E-state index contributed by atoms with van der Waals surface area (Å²) in [6.07, 6.45) is -4.53. The van der Waals surface area contributed by atoms with E-state index >= 15 is 0 Å². The highest BCUT2D eigenvalue weighted by Gasteiger charge is 2.31. The van der Waals surface area contributed by atoms with Gasteiger partial charge in [-0.2, -0.15) is 18.3 Å². The summed E-state index contributed by atoms with van der Waals surface area (Å²) in [5, 5.41) is 4.35. The molecule has 3 aromatic rings. The van der Waals surface area contributed by atoms with Crippen molar-refractivity contribution in [1.82, 2.24) is 9.78 Å². The highest BCUT2D eigenvalue weighted by Crippen LogP contribution is 2.30. The van der Waals surface area contributed by atoms with Gasteiger partial charge in [-0.05, 0) is 50.2 Å². The van der Waals surface area contributed by atoms with Gasteiger partial charge in [-0.25, -0.2) is 13.1 Å². The first kappa shape index (κ1) is 19.0. The fourth-order valence-corrected chi connectivity index (χ4v) is 3.80. The summed E-state index contributed by atoms with van der Waals surface area (Å²) in [4.78, 5) is -0.262. The Kier molecular flexibility index (Phi) is 4.73. The van der Waals surface area contributed by atoms with E-state index in [1.54, 1.807) is 18.5 Å². The minimum Gasteiger partial charge on any atom is -0.276 e. The van der Waals surface area contributed by atoms with Crippen molar-refractivity contribution in [3.63, 3.8) is 0 Å². The van der Waals surface area contributed by atoms with Crippen molar-refractivity contribution < 1.29 is 21.6 Å². The summed E-state index contributed by atoms with van der Waals surface area (Å²) in [7, 11) is -4.06. The first-order valence-corrected chi connectivity index (χ1v) is 9.39. The van der Waals surface area contributed by atoms with Crippen LogP contribution in [0, 0.1) is 13.8 Å². The number of anilines is 1. The van der Waals surface area contributed by atoms with Crippen LogP contribution in [0.2, 0.25) is 0 Å². The van der Waals surface area contributed by atoms with Crippen LogP contribution in [0.1, 0.15) is 17.0 Å². The Morgan fingerprint density at radius 3 is 2.11 bits per heavy atom. The number of nitrogens with one attached hydrogen (secondary N) is 1. The highest BCUT2D eigenvalue weighted by atomic mass is 32.2. The SMILES string of the molecule is Cc1nn(-c2ccccc2)c(C)c1NS(=O)(=O)c1ccc(C(F)(F)F)cc1. The average molecular weight is 395 g/mol. The van der Waals surface area contributed by atoms with Crippen molar-refractivity contribution >= 4 is 15.7 Å². The normalized spacial score (nSPS) is 12.2. The molecule has 142 valence electrons. The van der Waals surface area contributed by atoms with Crippen molar-refractivity contribution in [3.8, 4) is 5.69 Å². The molecule has 0 bridgehead atoms. The van der Waals surface area contributed by atoms with Crippen molar-refractivity contribution in [2.24, 2.45) is 0 Å². The topological polar surface area (TPSA) is 64.0 Å². The summed E-state index contributed by atoms with van der Waals surface area (Å²) in [6.45, 7) is 3.36. The van der Waals surface area contributed by atoms with Crippen LogP contribution >= 0.6 is 0 Å². The Hall–Kier alpha value is -2.81. The predicted octanol–water partition coefficient (Wildman–Crippen LogP) is 4.31. The third-order valence-corrected chi connectivity index (χ3v) is 5.39. The fraction of sp³-hybridized carbons (Fsp3) is 0.167. The fourth-order valence-electron chi connectivity index (χ4n) is 2.63. The van der Waals surface area contributed by atoms with E-state index in [0.29, 0.717) is 17.1 Å². The Balaban J connectivity index is 1.94. The largest absolute Gasteiger partial charge is 0.416 e. The molecule has 1 heterocycles. The molecule has 0 unspecified atom stereocenters. The molecule has 0 radical (unpaired) electrons. The number of hydrogen-bond acceptors (Lipinski definition) is 3. The molecule has 2 aromatic carbocycles. The number of sulfonamides is 1. The number of hydrogen-bond donors (Lipinski definition) is 1. The number of aryl methyl sites for hydroxylation is 1. The zero-order chi connectivity index (χ0) is 19.8. The van der Waals surface area contributed by atoms with E-state index in [1.165, 1.54) is 0 Å². The molecule has 3 rings (SSSR count). The van der Waals surface area contributed by atoms with Crippen molar-refractivity contribution in [2.45, 2.75) is 24.9 Å². The number of rotatable bonds is 4. The zero-order valence-electron chi connectivity index (χ0n) is 14.4. The van der Waals surface area contributed by atoms with Crippen molar-refractivity contribution in [2.75, 3.05) is 4.72 Å². The third kappa shape index (κ3) is 3.82. The average Bonchev–Trinajstić information content (AvgIpc) is 2.90. The van der Waals surface area contributed by atoms with Crippen LogP contribution < -0.4 is 4.72 Å². The molecule has 0 aliphatic rings. The van der Waals surface area contributed by atoms with Gasteiger partial charge >= 0.3 is 6.18 Å². The number of aromatic nitrogens is 2. The van der Waals surface area contributed by atoms with Gasteiger partial charge in [0.05, 0.1) is 33.2 Å². The van der Waals surface area contributed by atoms with Crippen LogP contribution in [0.4, 0.5) is 18.9 Å². The first-order chi connectivity index (χ1) is 12.6. The van der Waals surface area contributed by atoms with Crippen molar-refractivity contribution in [1.29, 1.82) is 0 Å². The Bertz CT molecular complexity index is 1060. The summed E-state index contributed by atoms with van der Waals surface area (Å²) in [6, 6.07) is 12.5. The highest BCUT2D eigenvalue weighted by molar-refractivity contribution is 7.92. The minimum absolute atomic E-state index is 0.262. The molecular formula is C18H16F3N3O2S. The minimum atomic E-state index is -4.53. The van der Waals surface area contributed by atoms with Crippen LogP contribution in [0.5, 0.6) is 0 Å². The number of alkyl halides is 3. The standard InChI is InChI=1S/C18H16F3N3O2S/c1-12-17(13(2)24(22-12)15-6-4-3-5-7-15)23-27(25,26)16-10-8-14(9-11-16)18(19,20)21/h3-11,23H,1-2H3. The zero-order valence-corrected chi connectivity index (χ0v) is 15.3. The molecule has 1 aromatic heterocycles. The van der Waals surface area contributed by atoms with Gasteiger partial charge in [-0.1, -0.05) is 18.2 Å². The van der Waals surface area contributed by atoms with Gasteiger partial charge in [0.15, 0.2) is 0 Å². The molecule has 0 amide bonds. The van der Waals surface area contributed by atoms with E-state index in [-0.39, 0.29) is 4.90 Å². The molecule has 0 aliphatic carbocycles. The summed E-state index contributed by atoms with van der Waals surface area (Å²) in [5.41, 5.74) is 1.16. The van der Waals surface area contributed by atoms with Crippen LogP contribution in [-0.4, -0.2) is 18.2 Å². The molecular weight excluding hydrogens is 379 g/mol. The van der Waals surface area contributed by atoms with E-state index < -0.39 is 21.8 Å². The van der Waals surface area contributed by atoms with Gasteiger partial charge in [0.1, 0.15) is 0 Å². The molecule has 27 heavy (non-hydrogen) atoms. The number of para-hydroxylation sites is 1. The van der Waals surface area contributed by atoms with Gasteiger partial charge in [0.2, 0.25) is 0 Å². The predicted molar refractivity (Wildman–Crippen MR) is 95.3 cm³/mol. The molecule has 9 heteroatoms. The lowest BCUT2D eigenvalue weighted by atomic mass is 10.2.